The van der Waals surface area contributed by atoms with Crippen LogP contribution in [0.3, 0.4) is 0 Å². The molecule has 0 aliphatic heterocycles. The number of carbonyl (C=O) groups is 3. The molecular weight excluding hydrogens is 502 g/mol. The Morgan fingerprint density at radius 1 is 1.08 bits per heavy atom. The fourth-order valence-electron chi connectivity index (χ4n) is 4.25. The van der Waals surface area contributed by atoms with Crippen molar-refractivity contribution in [2.45, 2.75) is 58.2 Å². The summed E-state index contributed by atoms with van der Waals surface area (Å²) >= 11 is 6.00. The van der Waals surface area contributed by atoms with Crippen LogP contribution in [0.2, 0.25) is 5.02 Å². The van der Waals surface area contributed by atoms with Crippen LogP contribution in [0.25, 0.3) is 0 Å². The molecule has 194 valence electrons. The minimum Gasteiger partial charge on any atom is -0.352 e. The molecule has 1 N–H and O–H groups in total. The van der Waals surface area contributed by atoms with Crippen molar-refractivity contribution in [3.63, 3.8) is 0 Å². The van der Waals surface area contributed by atoms with Gasteiger partial charge in [-0.25, -0.2) is 8.42 Å². The Morgan fingerprint density at radius 3 is 2.31 bits per heavy atom. The summed E-state index contributed by atoms with van der Waals surface area (Å²) in [6, 6.07) is 12.3. The average molecular weight is 534 g/mol. The highest BCUT2D eigenvalue weighted by Gasteiger charge is 2.31. The number of benzene rings is 2. The van der Waals surface area contributed by atoms with Crippen LogP contribution in [-0.2, 0) is 26.2 Å². The number of carbonyl (C=O) groups excluding carboxylic acids is 3. The van der Waals surface area contributed by atoms with Crippen molar-refractivity contribution in [2.75, 3.05) is 17.1 Å². The number of halogens is 1. The van der Waals surface area contributed by atoms with E-state index in [-0.39, 0.29) is 30.0 Å². The van der Waals surface area contributed by atoms with E-state index in [1.807, 2.05) is 0 Å². The van der Waals surface area contributed by atoms with Gasteiger partial charge in [0.1, 0.15) is 12.6 Å². The van der Waals surface area contributed by atoms with Crippen molar-refractivity contribution < 1.29 is 22.8 Å². The van der Waals surface area contributed by atoms with Crippen LogP contribution < -0.4 is 9.62 Å². The maximum absolute atomic E-state index is 13.6. The maximum atomic E-state index is 13.6. The minimum atomic E-state index is -3.88. The molecule has 36 heavy (non-hydrogen) atoms. The minimum absolute atomic E-state index is 0.0780. The summed E-state index contributed by atoms with van der Waals surface area (Å²) in [4.78, 5) is 39.9. The summed E-state index contributed by atoms with van der Waals surface area (Å²) in [5.74, 6) is -1.05. The first-order valence-electron chi connectivity index (χ1n) is 11.9. The van der Waals surface area contributed by atoms with Crippen molar-refractivity contribution in [1.29, 1.82) is 0 Å². The maximum Gasteiger partial charge on any atom is 0.244 e. The van der Waals surface area contributed by atoms with Crippen LogP contribution in [0.15, 0.2) is 48.5 Å². The zero-order valence-corrected chi connectivity index (χ0v) is 22.3. The van der Waals surface area contributed by atoms with Crippen LogP contribution in [0.4, 0.5) is 5.69 Å². The molecule has 0 spiro atoms. The predicted octanol–water partition coefficient (Wildman–Crippen LogP) is 3.78. The predicted molar refractivity (Wildman–Crippen MR) is 140 cm³/mol. The second kappa shape index (κ2) is 11.9. The molecule has 0 radical (unpaired) electrons. The smallest absolute Gasteiger partial charge is 0.244 e. The van der Waals surface area contributed by atoms with Gasteiger partial charge in [0.2, 0.25) is 21.8 Å². The van der Waals surface area contributed by atoms with Gasteiger partial charge in [0.15, 0.2) is 5.78 Å². The lowest BCUT2D eigenvalue weighted by Crippen LogP contribution is -2.52. The van der Waals surface area contributed by atoms with Crippen molar-refractivity contribution in [2.24, 2.45) is 0 Å². The number of hydrogen-bond donors (Lipinski definition) is 1. The molecule has 0 saturated heterocycles. The Labute approximate surface area is 217 Å². The quantitative estimate of drug-likeness (QED) is 0.468. The fraction of sp³-hybridized carbons (Fsp3) is 0.423. The number of sulfonamides is 1. The lowest BCUT2D eigenvalue weighted by molar-refractivity contribution is -0.139. The molecule has 10 heteroatoms. The van der Waals surface area contributed by atoms with E-state index in [4.69, 9.17) is 11.6 Å². The largest absolute Gasteiger partial charge is 0.352 e. The Morgan fingerprint density at radius 2 is 1.72 bits per heavy atom. The number of amides is 2. The summed E-state index contributed by atoms with van der Waals surface area (Å²) < 4.78 is 26.3. The van der Waals surface area contributed by atoms with E-state index in [9.17, 15) is 22.8 Å². The highest BCUT2D eigenvalue weighted by molar-refractivity contribution is 7.92. The molecule has 0 heterocycles. The van der Waals surface area contributed by atoms with Gasteiger partial charge in [-0.1, -0.05) is 48.7 Å². The molecule has 1 fully saturated rings. The molecule has 1 aliphatic carbocycles. The van der Waals surface area contributed by atoms with E-state index in [2.05, 4.69) is 5.32 Å². The summed E-state index contributed by atoms with van der Waals surface area (Å²) in [7, 11) is -3.88. The van der Waals surface area contributed by atoms with E-state index in [0.29, 0.717) is 10.6 Å². The summed E-state index contributed by atoms with van der Waals surface area (Å²) in [6.45, 7) is 2.60. The first kappa shape index (κ1) is 27.7. The molecule has 1 aliphatic rings. The van der Waals surface area contributed by atoms with Crippen molar-refractivity contribution in [3.8, 4) is 0 Å². The van der Waals surface area contributed by atoms with E-state index in [1.165, 1.54) is 24.0 Å². The van der Waals surface area contributed by atoms with Gasteiger partial charge in [0.05, 0.1) is 11.9 Å². The van der Waals surface area contributed by atoms with Crippen molar-refractivity contribution in [3.05, 3.63) is 64.7 Å². The van der Waals surface area contributed by atoms with Gasteiger partial charge in [0.25, 0.3) is 0 Å². The number of ketones is 1. The molecule has 1 saturated carbocycles. The van der Waals surface area contributed by atoms with Crippen LogP contribution in [0, 0.1) is 0 Å². The highest BCUT2D eigenvalue weighted by atomic mass is 35.5. The van der Waals surface area contributed by atoms with Gasteiger partial charge < -0.3 is 10.2 Å². The van der Waals surface area contributed by atoms with E-state index in [0.717, 1.165) is 41.8 Å². The molecule has 2 amide bonds. The van der Waals surface area contributed by atoms with Crippen LogP contribution in [0.1, 0.15) is 55.5 Å². The van der Waals surface area contributed by atoms with Gasteiger partial charge in [-0.2, -0.15) is 0 Å². The van der Waals surface area contributed by atoms with E-state index >= 15 is 0 Å². The molecule has 2 aromatic rings. The highest BCUT2D eigenvalue weighted by Crippen LogP contribution is 2.22. The zero-order chi connectivity index (χ0) is 26.5. The Bertz CT molecular complexity index is 1210. The molecule has 0 aromatic heterocycles. The monoisotopic (exact) mass is 533 g/mol. The normalized spacial score (nSPS) is 14.8. The molecule has 0 bridgehead atoms. The molecule has 1 atom stereocenters. The lowest BCUT2D eigenvalue weighted by atomic mass is 10.1. The van der Waals surface area contributed by atoms with E-state index in [1.54, 1.807) is 43.3 Å². The van der Waals surface area contributed by atoms with Gasteiger partial charge >= 0.3 is 0 Å². The topological polar surface area (TPSA) is 104 Å². The molecular formula is C26H32ClN3O5S. The van der Waals surface area contributed by atoms with Gasteiger partial charge in [-0.05, 0) is 56.5 Å². The fourth-order valence-corrected chi connectivity index (χ4v) is 5.22. The van der Waals surface area contributed by atoms with Crippen LogP contribution in [-0.4, -0.2) is 55.8 Å². The van der Waals surface area contributed by atoms with Crippen LogP contribution >= 0.6 is 11.6 Å². The van der Waals surface area contributed by atoms with Gasteiger partial charge in [0, 0.05) is 23.2 Å². The van der Waals surface area contributed by atoms with Gasteiger partial charge in [-0.3, -0.25) is 18.7 Å². The number of hydrogen-bond acceptors (Lipinski definition) is 5. The number of rotatable bonds is 10. The number of nitrogens with one attached hydrogen (secondary N) is 1. The third-order valence-electron chi connectivity index (χ3n) is 6.35. The Hall–Kier alpha value is -2.91. The molecule has 1 unspecified atom stereocenters. The number of nitrogens with zero attached hydrogens (tertiary/aromatic N) is 2. The lowest BCUT2D eigenvalue weighted by Gasteiger charge is -2.32. The standard InChI is InChI=1S/C26H32ClN3O5S/c1-18(26(33)28-23-8-4-5-9-23)29(16-20-11-13-22(27)14-12-20)25(32)17-30(36(3,34)35)24-10-6-7-21(15-24)19(2)31/h6-7,10-15,18,23H,4-5,8-9,16-17H2,1-3H3,(H,28,33). The summed E-state index contributed by atoms with van der Waals surface area (Å²) in [5.41, 5.74) is 1.28. The second-order valence-electron chi connectivity index (χ2n) is 9.19. The molecule has 2 aromatic carbocycles. The average Bonchev–Trinajstić information content (AvgIpc) is 3.34. The zero-order valence-electron chi connectivity index (χ0n) is 20.7. The van der Waals surface area contributed by atoms with E-state index < -0.39 is 28.5 Å². The van der Waals surface area contributed by atoms with Crippen LogP contribution in [0.5, 0.6) is 0 Å². The number of Topliss-reactive ketones (excluding diaryl/α,β-unsaturated/α-hetero) is 1. The molecule has 3 rings (SSSR count). The van der Waals surface area contributed by atoms with Gasteiger partial charge in [-0.15, -0.1) is 0 Å². The third kappa shape index (κ3) is 7.30. The molecule has 8 nitrogen and oxygen atoms in total. The number of anilines is 1. The summed E-state index contributed by atoms with van der Waals surface area (Å²) in [5, 5.41) is 3.56. The second-order valence-corrected chi connectivity index (χ2v) is 11.5. The first-order valence-corrected chi connectivity index (χ1v) is 14.1. The summed E-state index contributed by atoms with van der Waals surface area (Å²) in [6.07, 6.45) is 4.90. The van der Waals surface area contributed by atoms with Crippen molar-refractivity contribution in [1.82, 2.24) is 10.2 Å². The SMILES string of the molecule is CC(=O)c1cccc(N(CC(=O)N(Cc2ccc(Cl)cc2)C(C)C(=O)NC2CCCC2)S(C)(=O)=O)c1. The van der Waals surface area contributed by atoms with Crippen molar-refractivity contribution >= 4 is 44.9 Å². The first-order chi connectivity index (χ1) is 17.0. The third-order valence-corrected chi connectivity index (χ3v) is 7.75. The Balaban J connectivity index is 1.90. The Kier molecular flexibility index (Phi) is 9.13.